The maximum Gasteiger partial charge on any atom is 0.407 e. The molecule has 1 amide bonds. The summed E-state index contributed by atoms with van der Waals surface area (Å²) in [6.07, 6.45) is -0.463. The number of nitrogens with one attached hydrogen (secondary N) is 3. The molecule has 0 saturated heterocycles. The van der Waals surface area contributed by atoms with Crippen LogP contribution in [0.3, 0.4) is 0 Å². The largest absolute Gasteiger partial charge is 0.444 e. The number of carbonyl (C=O) groups is 1. The van der Waals surface area contributed by atoms with Crippen molar-refractivity contribution < 1.29 is 9.53 Å². The lowest BCUT2D eigenvalue weighted by Gasteiger charge is -2.19. The molecule has 2 rings (SSSR count). The van der Waals surface area contributed by atoms with Gasteiger partial charge in [0.1, 0.15) is 5.60 Å². The molecule has 0 radical (unpaired) electrons. The SMILES string of the molecule is CC(C)(C)OC(=O)NCc1ccc2[nH]c(=O)[nH]c2c1. The summed E-state index contributed by atoms with van der Waals surface area (Å²) in [5.74, 6) is 0. The molecule has 0 spiro atoms. The van der Waals surface area contributed by atoms with Crippen LogP contribution in [-0.4, -0.2) is 21.7 Å². The van der Waals surface area contributed by atoms with E-state index in [1.54, 1.807) is 6.07 Å². The molecule has 1 aromatic heterocycles. The maximum atomic E-state index is 11.5. The van der Waals surface area contributed by atoms with Crippen molar-refractivity contribution in [2.45, 2.75) is 32.9 Å². The lowest BCUT2D eigenvalue weighted by Crippen LogP contribution is -2.32. The highest BCUT2D eigenvalue weighted by Crippen LogP contribution is 2.11. The summed E-state index contributed by atoms with van der Waals surface area (Å²) in [5, 5.41) is 2.66. The van der Waals surface area contributed by atoms with Crippen molar-refractivity contribution in [1.82, 2.24) is 15.3 Å². The summed E-state index contributed by atoms with van der Waals surface area (Å²) >= 11 is 0. The molecular formula is C13H17N3O3. The molecule has 1 aromatic carbocycles. The van der Waals surface area contributed by atoms with Crippen LogP contribution in [-0.2, 0) is 11.3 Å². The Morgan fingerprint density at radius 3 is 2.63 bits per heavy atom. The van der Waals surface area contributed by atoms with Gasteiger partial charge in [-0.2, -0.15) is 0 Å². The first-order chi connectivity index (χ1) is 8.83. The minimum Gasteiger partial charge on any atom is -0.444 e. The predicted octanol–water partition coefficient (Wildman–Crippen LogP) is 1.88. The number of rotatable bonds is 2. The minimum absolute atomic E-state index is 0.243. The summed E-state index contributed by atoms with van der Waals surface area (Å²) in [4.78, 5) is 28.0. The Balaban J connectivity index is 2.01. The van der Waals surface area contributed by atoms with Crippen LogP contribution in [0.15, 0.2) is 23.0 Å². The number of benzene rings is 1. The maximum absolute atomic E-state index is 11.5. The first-order valence-corrected chi connectivity index (χ1v) is 6.01. The van der Waals surface area contributed by atoms with Crippen molar-refractivity contribution in [2.75, 3.05) is 0 Å². The summed E-state index contributed by atoms with van der Waals surface area (Å²) in [5.41, 5.74) is 1.58. The zero-order valence-corrected chi connectivity index (χ0v) is 11.2. The molecular weight excluding hydrogens is 246 g/mol. The molecule has 0 atom stereocenters. The molecule has 3 N–H and O–H groups in total. The molecule has 6 heteroatoms. The number of amides is 1. The summed E-state index contributed by atoms with van der Waals surface area (Å²) in [6.45, 7) is 5.77. The second-order valence-electron chi connectivity index (χ2n) is 5.31. The van der Waals surface area contributed by atoms with E-state index in [0.29, 0.717) is 12.1 Å². The third-order valence-corrected chi connectivity index (χ3v) is 2.42. The number of hydrogen-bond acceptors (Lipinski definition) is 3. The van der Waals surface area contributed by atoms with Crippen molar-refractivity contribution in [2.24, 2.45) is 0 Å². The third kappa shape index (κ3) is 3.61. The lowest BCUT2D eigenvalue weighted by atomic mass is 10.2. The number of fused-ring (bicyclic) bond motifs is 1. The average Bonchev–Trinajstić information content (AvgIpc) is 2.63. The van der Waals surface area contributed by atoms with Crippen LogP contribution in [0.2, 0.25) is 0 Å². The highest BCUT2D eigenvalue weighted by atomic mass is 16.6. The van der Waals surface area contributed by atoms with Gasteiger partial charge in [-0.15, -0.1) is 0 Å². The van der Waals surface area contributed by atoms with Gasteiger partial charge in [0, 0.05) is 6.54 Å². The van der Waals surface area contributed by atoms with Crippen molar-refractivity contribution >= 4 is 17.1 Å². The molecule has 19 heavy (non-hydrogen) atoms. The fraction of sp³-hybridized carbons (Fsp3) is 0.385. The van der Waals surface area contributed by atoms with Crippen LogP contribution in [0.5, 0.6) is 0 Å². The van der Waals surface area contributed by atoms with Gasteiger partial charge in [0.05, 0.1) is 11.0 Å². The van der Waals surface area contributed by atoms with E-state index in [1.807, 2.05) is 32.9 Å². The van der Waals surface area contributed by atoms with Gasteiger partial charge in [-0.1, -0.05) is 6.07 Å². The number of aromatic amines is 2. The number of hydrogen-bond donors (Lipinski definition) is 3. The van der Waals surface area contributed by atoms with Crippen LogP contribution in [0.25, 0.3) is 11.0 Å². The number of imidazole rings is 1. The van der Waals surface area contributed by atoms with Crippen LogP contribution in [0.1, 0.15) is 26.3 Å². The van der Waals surface area contributed by atoms with E-state index < -0.39 is 11.7 Å². The summed E-state index contributed by atoms with van der Waals surface area (Å²) in [6, 6.07) is 5.44. The number of H-pyrrole nitrogens is 2. The molecule has 0 unspecified atom stereocenters. The van der Waals surface area contributed by atoms with E-state index in [0.717, 1.165) is 11.1 Å². The Morgan fingerprint density at radius 1 is 1.26 bits per heavy atom. The van der Waals surface area contributed by atoms with E-state index in [9.17, 15) is 9.59 Å². The Hall–Kier alpha value is -2.24. The molecule has 102 valence electrons. The van der Waals surface area contributed by atoms with Crippen LogP contribution in [0, 0.1) is 0 Å². The van der Waals surface area contributed by atoms with Crippen LogP contribution < -0.4 is 11.0 Å². The molecule has 1 heterocycles. The lowest BCUT2D eigenvalue weighted by molar-refractivity contribution is 0.0523. The number of aromatic nitrogens is 2. The Labute approximate surface area is 110 Å². The van der Waals surface area contributed by atoms with Gasteiger partial charge in [0.25, 0.3) is 0 Å². The second-order valence-corrected chi connectivity index (χ2v) is 5.31. The molecule has 6 nitrogen and oxygen atoms in total. The van der Waals surface area contributed by atoms with Crippen LogP contribution >= 0.6 is 0 Å². The second kappa shape index (κ2) is 4.79. The highest BCUT2D eigenvalue weighted by molar-refractivity contribution is 5.75. The molecule has 0 fully saturated rings. The van der Waals surface area contributed by atoms with E-state index >= 15 is 0 Å². The quantitative estimate of drug-likeness (QED) is 0.773. The normalized spacial score (nSPS) is 11.5. The molecule has 2 aromatic rings. The Kier molecular flexibility index (Phi) is 3.33. The smallest absolute Gasteiger partial charge is 0.407 e. The van der Waals surface area contributed by atoms with E-state index in [1.165, 1.54) is 0 Å². The zero-order chi connectivity index (χ0) is 14.0. The highest BCUT2D eigenvalue weighted by Gasteiger charge is 2.15. The average molecular weight is 263 g/mol. The molecule has 0 bridgehead atoms. The Bertz CT molecular complexity index is 649. The first kappa shape index (κ1) is 13.2. The van der Waals surface area contributed by atoms with Crippen molar-refractivity contribution in [1.29, 1.82) is 0 Å². The van der Waals surface area contributed by atoms with Crippen molar-refractivity contribution in [3.63, 3.8) is 0 Å². The fourth-order valence-corrected chi connectivity index (χ4v) is 1.68. The van der Waals surface area contributed by atoms with Gasteiger partial charge in [0.2, 0.25) is 0 Å². The standard InChI is InChI=1S/C13H17N3O3/c1-13(2,3)19-12(18)14-7-8-4-5-9-10(6-8)16-11(17)15-9/h4-6H,7H2,1-3H3,(H,14,18)(H2,15,16,17). The van der Waals surface area contributed by atoms with Gasteiger partial charge >= 0.3 is 11.8 Å². The fourth-order valence-electron chi connectivity index (χ4n) is 1.68. The number of ether oxygens (including phenoxy) is 1. The van der Waals surface area contributed by atoms with E-state index in [-0.39, 0.29) is 5.69 Å². The predicted molar refractivity (Wildman–Crippen MR) is 72.0 cm³/mol. The van der Waals surface area contributed by atoms with Crippen molar-refractivity contribution in [3.8, 4) is 0 Å². The topological polar surface area (TPSA) is 87.0 Å². The van der Waals surface area contributed by atoms with Crippen molar-refractivity contribution in [3.05, 3.63) is 34.2 Å². The van der Waals surface area contributed by atoms with E-state index in [4.69, 9.17) is 4.74 Å². The molecule has 0 saturated carbocycles. The van der Waals surface area contributed by atoms with E-state index in [2.05, 4.69) is 15.3 Å². The first-order valence-electron chi connectivity index (χ1n) is 6.01. The molecule has 0 aliphatic heterocycles. The van der Waals surface area contributed by atoms with Crippen LogP contribution in [0.4, 0.5) is 4.79 Å². The zero-order valence-electron chi connectivity index (χ0n) is 11.2. The Morgan fingerprint density at radius 2 is 1.95 bits per heavy atom. The number of carbonyl (C=O) groups excluding carboxylic acids is 1. The van der Waals surface area contributed by atoms with Gasteiger partial charge in [-0.25, -0.2) is 9.59 Å². The monoisotopic (exact) mass is 263 g/mol. The third-order valence-electron chi connectivity index (χ3n) is 2.42. The van der Waals surface area contributed by atoms with Gasteiger partial charge in [-0.3, -0.25) is 0 Å². The van der Waals surface area contributed by atoms with Gasteiger partial charge < -0.3 is 20.0 Å². The van der Waals surface area contributed by atoms with Gasteiger partial charge in [0.15, 0.2) is 0 Å². The molecule has 0 aliphatic rings. The summed E-state index contributed by atoms with van der Waals surface area (Å²) < 4.78 is 5.14. The minimum atomic E-state index is -0.514. The molecule has 0 aliphatic carbocycles. The number of alkyl carbamates (subject to hydrolysis) is 1. The van der Waals surface area contributed by atoms with Gasteiger partial charge in [-0.05, 0) is 38.5 Å². The summed E-state index contributed by atoms with van der Waals surface area (Å²) in [7, 11) is 0.